The molecule has 2 aromatic carbocycles. The molecule has 1 N–H and O–H groups in total. The van der Waals surface area contributed by atoms with E-state index in [-0.39, 0.29) is 12.3 Å². The Labute approximate surface area is 183 Å². The SMILES string of the molecule is CCOc1cc(CNCCN(CC)CC)c(Cl)cc1OCc1ccc([N+](=O)[O-])cc1. The molecule has 0 saturated carbocycles. The van der Waals surface area contributed by atoms with Gasteiger partial charge in [-0.05, 0) is 49.3 Å². The molecule has 0 atom stereocenters. The van der Waals surface area contributed by atoms with Gasteiger partial charge in [0.25, 0.3) is 5.69 Å². The van der Waals surface area contributed by atoms with E-state index in [1.807, 2.05) is 13.0 Å². The number of non-ortho nitro benzene ring substituents is 1. The maximum Gasteiger partial charge on any atom is 0.269 e. The average Bonchev–Trinajstić information content (AvgIpc) is 2.75. The number of likely N-dealkylation sites (N-methyl/N-ethyl adjacent to an activating group) is 1. The number of nitrogens with zero attached hydrogens (tertiary/aromatic N) is 2. The van der Waals surface area contributed by atoms with Gasteiger partial charge in [0.05, 0.1) is 11.5 Å². The lowest BCUT2D eigenvalue weighted by molar-refractivity contribution is -0.384. The highest BCUT2D eigenvalue weighted by Crippen LogP contribution is 2.34. The van der Waals surface area contributed by atoms with Crippen molar-refractivity contribution >= 4 is 17.3 Å². The maximum absolute atomic E-state index is 10.8. The van der Waals surface area contributed by atoms with Crippen LogP contribution in [0, 0.1) is 10.1 Å². The minimum absolute atomic E-state index is 0.0506. The number of ether oxygens (including phenoxy) is 2. The summed E-state index contributed by atoms with van der Waals surface area (Å²) >= 11 is 6.47. The summed E-state index contributed by atoms with van der Waals surface area (Å²) in [5.41, 5.74) is 1.82. The van der Waals surface area contributed by atoms with Gasteiger partial charge in [-0.1, -0.05) is 25.4 Å². The van der Waals surface area contributed by atoms with Crippen LogP contribution < -0.4 is 14.8 Å². The Balaban J connectivity index is 2.01. The Hall–Kier alpha value is -2.35. The number of benzene rings is 2. The van der Waals surface area contributed by atoms with Gasteiger partial charge in [-0.15, -0.1) is 0 Å². The lowest BCUT2D eigenvalue weighted by Crippen LogP contribution is -2.31. The fraction of sp³-hybridized carbons (Fsp3) is 0.455. The van der Waals surface area contributed by atoms with Crippen LogP contribution in [0.5, 0.6) is 11.5 Å². The first kappa shape index (κ1) is 23.9. The molecule has 0 radical (unpaired) electrons. The third-order valence-corrected chi connectivity index (χ3v) is 5.12. The van der Waals surface area contributed by atoms with E-state index in [4.69, 9.17) is 21.1 Å². The van der Waals surface area contributed by atoms with E-state index < -0.39 is 4.92 Å². The van der Waals surface area contributed by atoms with E-state index in [9.17, 15) is 10.1 Å². The third kappa shape index (κ3) is 7.16. The molecule has 2 rings (SSSR count). The van der Waals surface area contributed by atoms with Crippen LogP contribution >= 0.6 is 11.6 Å². The van der Waals surface area contributed by atoms with Crippen molar-refractivity contribution in [2.24, 2.45) is 0 Å². The number of hydrogen-bond acceptors (Lipinski definition) is 6. The second-order valence-electron chi connectivity index (χ2n) is 6.74. The molecule has 2 aromatic rings. The standard InChI is InChI=1S/C22H30ClN3O4/c1-4-25(5-2)12-11-24-15-18-13-21(29-6-3)22(14-20(18)23)30-16-17-7-9-19(10-8-17)26(27)28/h7-10,13-14,24H,4-6,11-12,15-16H2,1-3H3. The van der Waals surface area contributed by atoms with Crippen molar-refractivity contribution in [1.82, 2.24) is 10.2 Å². The van der Waals surface area contributed by atoms with Gasteiger partial charge >= 0.3 is 0 Å². The molecule has 0 amide bonds. The number of nitro benzene ring substituents is 1. The highest BCUT2D eigenvalue weighted by molar-refractivity contribution is 6.31. The number of nitrogens with one attached hydrogen (secondary N) is 1. The highest BCUT2D eigenvalue weighted by atomic mass is 35.5. The molecule has 0 aliphatic carbocycles. The Morgan fingerprint density at radius 1 is 1.07 bits per heavy atom. The third-order valence-electron chi connectivity index (χ3n) is 4.77. The quantitative estimate of drug-likeness (QED) is 0.280. The summed E-state index contributed by atoms with van der Waals surface area (Å²) in [4.78, 5) is 12.7. The zero-order valence-corrected chi connectivity index (χ0v) is 18.6. The highest BCUT2D eigenvalue weighted by Gasteiger charge is 2.12. The summed E-state index contributed by atoms with van der Waals surface area (Å²) in [5.74, 6) is 1.18. The minimum atomic E-state index is -0.424. The maximum atomic E-state index is 10.8. The first-order chi connectivity index (χ1) is 14.5. The van der Waals surface area contributed by atoms with Crippen molar-refractivity contribution in [3.63, 3.8) is 0 Å². The van der Waals surface area contributed by atoms with Gasteiger partial charge in [0.15, 0.2) is 11.5 Å². The van der Waals surface area contributed by atoms with Crippen molar-refractivity contribution in [2.45, 2.75) is 33.9 Å². The fourth-order valence-electron chi connectivity index (χ4n) is 2.97. The van der Waals surface area contributed by atoms with Crippen molar-refractivity contribution < 1.29 is 14.4 Å². The molecule has 8 heteroatoms. The normalized spacial score (nSPS) is 11.0. The summed E-state index contributed by atoms with van der Waals surface area (Å²) in [6.07, 6.45) is 0. The predicted molar refractivity (Wildman–Crippen MR) is 120 cm³/mol. The Morgan fingerprint density at radius 3 is 2.33 bits per heavy atom. The lowest BCUT2D eigenvalue weighted by atomic mass is 10.2. The molecule has 164 valence electrons. The Kier molecular flexibility index (Phi) is 9.86. The Bertz CT molecular complexity index is 811. The zero-order chi connectivity index (χ0) is 21.9. The number of halogens is 1. The molecule has 0 unspecified atom stereocenters. The van der Waals surface area contributed by atoms with Crippen LogP contribution in [0.15, 0.2) is 36.4 Å². The molecular formula is C22H30ClN3O4. The number of rotatable bonds is 13. The molecule has 0 spiro atoms. The van der Waals surface area contributed by atoms with Gasteiger partial charge in [-0.2, -0.15) is 0 Å². The van der Waals surface area contributed by atoms with Crippen LogP contribution in [0.3, 0.4) is 0 Å². The van der Waals surface area contributed by atoms with Gasteiger partial charge in [0.2, 0.25) is 0 Å². The summed E-state index contributed by atoms with van der Waals surface area (Å²) in [7, 11) is 0. The monoisotopic (exact) mass is 435 g/mol. The minimum Gasteiger partial charge on any atom is -0.490 e. The summed E-state index contributed by atoms with van der Waals surface area (Å²) in [5, 5.41) is 14.8. The topological polar surface area (TPSA) is 76.9 Å². The predicted octanol–water partition coefficient (Wildman–Crippen LogP) is 4.66. The van der Waals surface area contributed by atoms with E-state index >= 15 is 0 Å². The van der Waals surface area contributed by atoms with Crippen LogP contribution in [-0.4, -0.2) is 42.6 Å². The van der Waals surface area contributed by atoms with Gasteiger partial charge < -0.3 is 19.7 Å². The van der Waals surface area contributed by atoms with Crippen LogP contribution in [-0.2, 0) is 13.2 Å². The molecule has 0 heterocycles. The van der Waals surface area contributed by atoms with Gasteiger partial charge in [0, 0.05) is 42.9 Å². The van der Waals surface area contributed by atoms with Crippen LogP contribution in [0.4, 0.5) is 5.69 Å². The van der Waals surface area contributed by atoms with E-state index in [1.54, 1.807) is 18.2 Å². The van der Waals surface area contributed by atoms with Crippen molar-refractivity contribution in [3.05, 3.63) is 62.7 Å². The van der Waals surface area contributed by atoms with Crippen LogP contribution in [0.2, 0.25) is 5.02 Å². The van der Waals surface area contributed by atoms with Crippen LogP contribution in [0.1, 0.15) is 31.9 Å². The van der Waals surface area contributed by atoms with E-state index in [1.165, 1.54) is 12.1 Å². The van der Waals surface area contributed by atoms with Crippen molar-refractivity contribution in [3.8, 4) is 11.5 Å². The largest absolute Gasteiger partial charge is 0.490 e. The molecule has 0 aliphatic rings. The summed E-state index contributed by atoms with van der Waals surface area (Å²) in [6.45, 7) is 11.6. The number of hydrogen-bond donors (Lipinski definition) is 1. The first-order valence-electron chi connectivity index (χ1n) is 10.2. The summed E-state index contributed by atoms with van der Waals surface area (Å²) < 4.78 is 11.6. The molecule has 0 aromatic heterocycles. The van der Waals surface area contributed by atoms with Gasteiger partial charge in [-0.3, -0.25) is 10.1 Å². The molecule has 30 heavy (non-hydrogen) atoms. The Morgan fingerprint density at radius 2 is 1.73 bits per heavy atom. The molecule has 0 aliphatic heterocycles. The number of nitro groups is 1. The molecular weight excluding hydrogens is 406 g/mol. The van der Waals surface area contributed by atoms with Gasteiger partial charge in [-0.25, -0.2) is 0 Å². The van der Waals surface area contributed by atoms with Crippen molar-refractivity contribution in [2.75, 3.05) is 32.8 Å². The molecule has 0 saturated heterocycles. The zero-order valence-electron chi connectivity index (χ0n) is 17.8. The van der Waals surface area contributed by atoms with Crippen molar-refractivity contribution in [1.29, 1.82) is 0 Å². The average molecular weight is 436 g/mol. The summed E-state index contributed by atoms with van der Waals surface area (Å²) in [6, 6.07) is 9.94. The molecule has 0 bridgehead atoms. The molecule has 7 nitrogen and oxygen atoms in total. The second-order valence-corrected chi connectivity index (χ2v) is 7.15. The van der Waals surface area contributed by atoms with Gasteiger partial charge in [0.1, 0.15) is 6.61 Å². The van der Waals surface area contributed by atoms with E-state index in [0.29, 0.717) is 29.7 Å². The first-order valence-corrected chi connectivity index (χ1v) is 10.6. The van der Waals surface area contributed by atoms with Crippen LogP contribution in [0.25, 0.3) is 0 Å². The van der Waals surface area contributed by atoms with E-state index in [0.717, 1.165) is 37.3 Å². The lowest BCUT2D eigenvalue weighted by Gasteiger charge is -2.19. The van der Waals surface area contributed by atoms with E-state index in [2.05, 4.69) is 24.1 Å². The second kappa shape index (κ2) is 12.4. The fourth-order valence-corrected chi connectivity index (χ4v) is 3.19. The molecule has 0 fully saturated rings. The smallest absolute Gasteiger partial charge is 0.269 e.